The number of ether oxygens (including phenoxy) is 2. The number of piperidine rings is 1. The molecular weight excluding hydrogens is 510 g/mol. The number of carbonyl (C=O) groups is 2. The Kier molecular flexibility index (Phi) is 10.5. The summed E-state index contributed by atoms with van der Waals surface area (Å²) < 4.78 is 13.3. The summed E-state index contributed by atoms with van der Waals surface area (Å²) in [6.45, 7) is 6.52. The van der Waals surface area contributed by atoms with E-state index in [4.69, 9.17) is 14.6 Å². The third kappa shape index (κ3) is 8.29. The van der Waals surface area contributed by atoms with Gasteiger partial charge in [0, 0.05) is 20.1 Å². The van der Waals surface area contributed by atoms with E-state index in [-0.39, 0.29) is 11.1 Å². The number of carboxylic acid groups (broad SMARTS) is 1. The quantitative estimate of drug-likeness (QED) is 0.210. The van der Waals surface area contributed by atoms with Gasteiger partial charge in [0.25, 0.3) is 0 Å². The summed E-state index contributed by atoms with van der Waals surface area (Å²) in [5.74, 6) is 0.294. The molecular formula is C30H39N5O5. The number of nitrogens with zero attached hydrogens (tertiary/aromatic N) is 4. The largest absolute Gasteiger partial charge is 0.494 e. The van der Waals surface area contributed by atoms with Crippen molar-refractivity contribution in [2.45, 2.75) is 58.1 Å². The van der Waals surface area contributed by atoms with Crippen LogP contribution in [0, 0.1) is 0 Å². The number of esters is 1. The first-order chi connectivity index (χ1) is 19.4. The lowest BCUT2D eigenvalue weighted by molar-refractivity contribution is 0.0253. The molecule has 1 fully saturated rings. The number of aromatic carboxylic acids is 1. The van der Waals surface area contributed by atoms with Crippen LogP contribution >= 0.6 is 0 Å². The number of aromatic nitrogens is 3. The smallest absolute Gasteiger partial charge is 0.338 e. The van der Waals surface area contributed by atoms with Gasteiger partial charge in [0.15, 0.2) is 11.9 Å². The van der Waals surface area contributed by atoms with E-state index in [1.54, 1.807) is 11.7 Å². The van der Waals surface area contributed by atoms with Gasteiger partial charge in [-0.2, -0.15) is 10.1 Å². The van der Waals surface area contributed by atoms with Gasteiger partial charge >= 0.3 is 11.9 Å². The van der Waals surface area contributed by atoms with E-state index in [1.807, 2.05) is 13.0 Å². The molecule has 10 heteroatoms. The summed E-state index contributed by atoms with van der Waals surface area (Å²) in [7, 11) is 1.79. The van der Waals surface area contributed by atoms with Crippen LogP contribution in [0.5, 0.6) is 5.75 Å². The monoisotopic (exact) mass is 549 g/mol. The van der Waals surface area contributed by atoms with E-state index in [9.17, 15) is 9.59 Å². The second-order valence-corrected chi connectivity index (χ2v) is 10.1. The van der Waals surface area contributed by atoms with E-state index >= 15 is 0 Å². The summed E-state index contributed by atoms with van der Waals surface area (Å²) in [4.78, 5) is 30.8. The minimum absolute atomic E-state index is 0.107. The normalized spacial score (nSPS) is 14.4. The van der Waals surface area contributed by atoms with E-state index in [1.165, 1.54) is 62.2 Å². The van der Waals surface area contributed by atoms with Crippen LogP contribution in [0.1, 0.15) is 83.7 Å². The second-order valence-electron chi connectivity index (χ2n) is 10.1. The maximum absolute atomic E-state index is 12.7. The van der Waals surface area contributed by atoms with Crippen molar-refractivity contribution in [2.75, 3.05) is 31.6 Å². The van der Waals surface area contributed by atoms with E-state index in [0.29, 0.717) is 31.3 Å². The van der Waals surface area contributed by atoms with Crippen molar-refractivity contribution in [1.82, 2.24) is 19.7 Å². The average Bonchev–Trinajstić information content (AvgIpc) is 3.33. The Balaban J connectivity index is 1.25. The Morgan fingerprint density at radius 1 is 1.07 bits per heavy atom. The van der Waals surface area contributed by atoms with Crippen molar-refractivity contribution in [3.8, 4) is 5.75 Å². The molecule has 1 aromatic heterocycles. The van der Waals surface area contributed by atoms with Crippen molar-refractivity contribution >= 4 is 17.9 Å². The number of aryl methyl sites for hydroxylation is 1. The molecule has 0 amide bonds. The predicted octanol–water partition coefficient (Wildman–Crippen LogP) is 5.08. The highest BCUT2D eigenvalue weighted by atomic mass is 16.5. The molecule has 1 atom stereocenters. The number of carboxylic acids is 1. The summed E-state index contributed by atoms with van der Waals surface area (Å²) in [6.07, 6.45) is 5.40. The van der Waals surface area contributed by atoms with Gasteiger partial charge in [0.1, 0.15) is 5.75 Å². The van der Waals surface area contributed by atoms with Crippen LogP contribution < -0.4 is 10.1 Å². The highest BCUT2D eigenvalue weighted by Gasteiger charge is 2.23. The number of hydrogen-bond acceptors (Lipinski definition) is 8. The topological polar surface area (TPSA) is 119 Å². The van der Waals surface area contributed by atoms with E-state index in [2.05, 4.69) is 38.5 Å². The SMILES string of the molecule is CCCC(OC(=O)c1ccc(C(=O)O)cc1)c1nc(NCCCOc2cccc(CN3CCCCC3)c2)n(C)n1. The van der Waals surface area contributed by atoms with E-state index < -0.39 is 18.0 Å². The third-order valence-corrected chi connectivity index (χ3v) is 6.86. The molecule has 214 valence electrons. The zero-order chi connectivity index (χ0) is 28.3. The molecule has 40 heavy (non-hydrogen) atoms. The number of rotatable bonds is 14. The average molecular weight is 550 g/mol. The molecule has 3 aromatic rings. The van der Waals surface area contributed by atoms with Crippen molar-refractivity contribution in [3.63, 3.8) is 0 Å². The molecule has 2 heterocycles. The van der Waals surface area contributed by atoms with Crippen LogP contribution in [-0.2, 0) is 18.3 Å². The molecule has 2 aromatic carbocycles. The first-order valence-electron chi connectivity index (χ1n) is 14.1. The number of likely N-dealkylation sites (tertiary alicyclic amines) is 1. The van der Waals surface area contributed by atoms with Gasteiger partial charge in [0.05, 0.1) is 17.7 Å². The highest BCUT2D eigenvalue weighted by molar-refractivity contribution is 5.92. The lowest BCUT2D eigenvalue weighted by atomic mass is 10.1. The van der Waals surface area contributed by atoms with Crippen molar-refractivity contribution in [1.29, 1.82) is 0 Å². The Hall–Kier alpha value is -3.92. The zero-order valence-electron chi connectivity index (χ0n) is 23.3. The van der Waals surface area contributed by atoms with Crippen LogP contribution in [0.15, 0.2) is 48.5 Å². The maximum atomic E-state index is 12.7. The Morgan fingerprint density at radius 3 is 2.55 bits per heavy atom. The fourth-order valence-electron chi connectivity index (χ4n) is 4.72. The summed E-state index contributed by atoms with van der Waals surface area (Å²) in [5.41, 5.74) is 1.66. The molecule has 1 unspecified atom stereocenters. The second kappa shape index (κ2) is 14.5. The number of hydrogen-bond donors (Lipinski definition) is 2. The minimum Gasteiger partial charge on any atom is -0.494 e. The van der Waals surface area contributed by atoms with Crippen molar-refractivity contribution in [3.05, 3.63) is 71.0 Å². The first kappa shape index (κ1) is 29.1. The number of nitrogens with one attached hydrogen (secondary N) is 1. The minimum atomic E-state index is -1.05. The summed E-state index contributed by atoms with van der Waals surface area (Å²) in [5, 5.41) is 16.8. The molecule has 1 aliphatic heterocycles. The summed E-state index contributed by atoms with van der Waals surface area (Å²) in [6, 6.07) is 14.0. The van der Waals surface area contributed by atoms with Gasteiger partial charge in [-0.15, -0.1) is 0 Å². The Bertz CT molecular complexity index is 1250. The van der Waals surface area contributed by atoms with Gasteiger partial charge in [0.2, 0.25) is 5.95 Å². The molecule has 0 saturated carbocycles. The molecule has 1 aliphatic rings. The molecule has 10 nitrogen and oxygen atoms in total. The van der Waals surface area contributed by atoms with Crippen LogP contribution in [0.4, 0.5) is 5.95 Å². The molecule has 0 aliphatic carbocycles. The van der Waals surface area contributed by atoms with Crippen molar-refractivity contribution in [2.24, 2.45) is 7.05 Å². The fraction of sp³-hybridized carbons (Fsp3) is 0.467. The first-order valence-corrected chi connectivity index (χ1v) is 14.1. The lowest BCUT2D eigenvalue weighted by Crippen LogP contribution is -2.29. The number of anilines is 1. The molecule has 1 saturated heterocycles. The molecule has 0 bridgehead atoms. The molecule has 0 radical (unpaired) electrons. The van der Waals surface area contributed by atoms with Gasteiger partial charge in [-0.25, -0.2) is 14.3 Å². The summed E-state index contributed by atoms with van der Waals surface area (Å²) >= 11 is 0. The maximum Gasteiger partial charge on any atom is 0.338 e. The lowest BCUT2D eigenvalue weighted by Gasteiger charge is -2.26. The molecule has 0 spiro atoms. The predicted molar refractivity (Wildman–Crippen MR) is 152 cm³/mol. The number of benzene rings is 2. The van der Waals surface area contributed by atoms with Crippen LogP contribution in [0.3, 0.4) is 0 Å². The van der Waals surface area contributed by atoms with E-state index in [0.717, 1.165) is 25.1 Å². The van der Waals surface area contributed by atoms with Gasteiger partial charge < -0.3 is 19.9 Å². The Morgan fingerprint density at radius 2 is 1.82 bits per heavy atom. The van der Waals surface area contributed by atoms with Gasteiger partial charge in [-0.1, -0.05) is 31.9 Å². The van der Waals surface area contributed by atoms with Crippen LogP contribution in [-0.4, -0.2) is 63.0 Å². The standard InChI is InChI=1S/C30H39N5O5/c1-3-9-26(40-29(38)24-14-12-23(13-15-24)28(36)37)27-32-30(34(2)33-27)31-16-8-19-39-25-11-7-10-22(20-25)21-35-17-5-4-6-18-35/h7,10-15,20,26H,3-6,8-9,16-19,21H2,1-2H3,(H,36,37)(H,31,32,33). The fourth-order valence-corrected chi connectivity index (χ4v) is 4.72. The number of carbonyl (C=O) groups excluding carboxylic acids is 1. The van der Waals surface area contributed by atoms with Crippen LogP contribution in [0.25, 0.3) is 0 Å². The van der Waals surface area contributed by atoms with Gasteiger partial charge in [-0.05, 0) is 80.7 Å². The molecule has 2 N–H and O–H groups in total. The Labute approximate surface area is 235 Å². The third-order valence-electron chi connectivity index (χ3n) is 6.86. The zero-order valence-corrected chi connectivity index (χ0v) is 23.3. The van der Waals surface area contributed by atoms with Crippen molar-refractivity contribution < 1.29 is 24.2 Å². The molecule has 4 rings (SSSR count). The van der Waals surface area contributed by atoms with Gasteiger partial charge in [-0.3, -0.25) is 4.90 Å². The highest BCUT2D eigenvalue weighted by Crippen LogP contribution is 2.23. The van der Waals surface area contributed by atoms with Crippen LogP contribution in [0.2, 0.25) is 0 Å².